The summed E-state index contributed by atoms with van der Waals surface area (Å²) in [6.45, 7) is 0. The van der Waals surface area contributed by atoms with Gasteiger partial charge in [0.05, 0.1) is 11.3 Å². The molecule has 1 aromatic carbocycles. The summed E-state index contributed by atoms with van der Waals surface area (Å²) in [5.74, 6) is 0. The van der Waals surface area contributed by atoms with E-state index in [9.17, 15) is 9.59 Å². The van der Waals surface area contributed by atoms with Crippen molar-refractivity contribution >= 4 is 34.5 Å². The van der Waals surface area contributed by atoms with Gasteiger partial charge in [-0.05, 0) is 29.1 Å². The van der Waals surface area contributed by atoms with Crippen LogP contribution in [0.3, 0.4) is 0 Å². The maximum atomic E-state index is 12.6. The van der Waals surface area contributed by atoms with Gasteiger partial charge >= 0.3 is 5.69 Å². The third-order valence-corrected chi connectivity index (χ3v) is 4.16. The lowest BCUT2D eigenvalue weighted by atomic mass is 10.1. The highest BCUT2D eigenvalue weighted by Crippen LogP contribution is 2.23. The summed E-state index contributed by atoms with van der Waals surface area (Å²) in [6.07, 6.45) is 0. The molecule has 0 spiro atoms. The fraction of sp³-hybridized carbons (Fsp3) is 0. The van der Waals surface area contributed by atoms with Gasteiger partial charge in [0.15, 0.2) is 0 Å². The van der Waals surface area contributed by atoms with E-state index in [1.54, 1.807) is 41.1 Å². The van der Waals surface area contributed by atoms with Crippen LogP contribution < -0.4 is 11.2 Å². The van der Waals surface area contributed by atoms with E-state index in [0.717, 1.165) is 4.57 Å². The van der Waals surface area contributed by atoms with E-state index in [-0.39, 0.29) is 10.7 Å². The number of rotatable bonds is 2. The lowest BCUT2D eigenvalue weighted by Crippen LogP contribution is -2.34. The molecule has 0 unspecified atom stereocenters. The van der Waals surface area contributed by atoms with Gasteiger partial charge in [0.25, 0.3) is 5.56 Å². The van der Waals surface area contributed by atoms with E-state index in [2.05, 4.69) is 4.98 Å². The molecule has 4 nitrogen and oxygen atoms in total. The summed E-state index contributed by atoms with van der Waals surface area (Å²) in [6, 6.07) is 8.38. The van der Waals surface area contributed by atoms with Gasteiger partial charge in [-0.25, -0.2) is 9.36 Å². The third-order valence-electron chi connectivity index (χ3n) is 2.95. The smallest absolute Gasteiger partial charge is 0.297 e. The Bertz CT molecular complexity index is 896. The second kappa shape index (κ2) is 5.52. The lowest BCUT2D eigenvalue weighted by molar-refractivity contribution is 0.883. The third kappa shape index (κ3) is 2.55. The number of thiophene rings is 1. The molecule has 0 bridgehead atoms. The Morgan fingerprint density at radius 2 is 1.76 bits per heavy atom. The zero-order valence-electron chi connectivity index (χ0n) is 10.5. The first-order valence-electron chi connectivity index (χ1n) is 5.91. The Labute approximate surface area is 133 Å². The number of benzene rings is 1. The largest absolute Gasteiger partial charge is 0.334 e. The van der Waals surface area contributed by atoms with Gasteiger partial charge in [0.1, 0.15) is 5.15 Å². The normalized spacial score (nSPS) is 10.8. The summed E-state index contributed by atoms with van der Waals surface area (Å²) in [7, 11) is 0. The molecule has 7 heteroatoms. The maximum Gasteiger partial charge on any atom is 0.334 e. The average molecular weight is 339 g/mol. The molecule has 0 radical (unpaired) electrons. The SMILES string of the molecule is O=c1[nH]c(Cl)c(-c2ccc(Cl)cc2)c(=O)n1-c1ccsc1. The summed E-state index contributed by atoms with van der Waals surface area (Å²) in [5, 5.41) is 4.07. The van der Waals surface area contributed by atoms with Crippen molar-refractivity contribution < 1.29 is 0 Å². The van der Waals surface area contributed by atoms with Gasteiger partial charge in [-0.1, -0.05) is 35.3 Å². The highest BCUT2D eigenvalue weighted by atomic mass is 35.5. The van der Waals surface area contributed by atoms with Gasteiger partial charge < -0.3 is 0 Å². The monoisotopic (exact) mass is 338 g/mol. The zero-order valence-corrected chi connectivity index (χ0v) is 12.8. The first-order valence-corrected chi connectivity index (χ1v) is 7.61. The molecule has 0 fully saturated rings. The average Bonchev–Trinajstić information content (AvgIpc) is 2.94. The molecule has 1 N–H and O–H groups in total. The van der Waals surface area contributed by atoms with Crippen LogP contribution in [0.4, 0.5) is 0 Å². The number of halogens is 2. The second-order valence-electron chi connectivity index (χ2n) is 4.25. The van der Waals surface area contributed by atoms with Crippen molar-refractivity contribution in [3.63, 3.8) is 0 Å². The Morgan fingerprint density at radius 3 is 2.38 bits per heavy atom. The van der Waals surface area contributed by atoms with Gasteiger partial charge in [0, 0.05) is 10.4 Å². The van der Waals surface area contributed by atoms with E-state index in [4.69, 9.17) is 23.2 Å². The zero-order chi connectivity index (χ0) is 15.0. The van der Waals surface area contributed by atoms with Crippen LogP contribution in [0.15, 0.2) is 50.7 Å². The highest BCUT2D eigenvalue weighted by Gasteiger charge is 2.15. The Hall–Kier alpha value is -1.82. The van der Waals surface area contributed by atoms with Gasteiger partial charge in [-0.15, -0.1) is 0 Å². The van der Waals surface area contributed by atoms with Crippen LogP contribution in [0.1, 0.15) is 0 Å². The molecule has 3 rings (SSSR count). The van der Waals surface area contributed by atoms with Crippen molar-refractivity contribution in [3.8, 4) is 16.8 Å². The molecule has 0 atom stereocenters. The second-order valence-corrected chi connectivity index (χ2v) is 5.84. The molecule has 0 saturated carbocycles. The van der Waals surface area contributed by atoms with E-state index < -0.39 is 11.2 Å². The topological polar surface area (TPSA) is 54.9 Å². The first kappa shape index (κ1) is 14.1. The van der Waals surface area contributed by atoms with E-state index >= 15 is 0 Å². The predicted molar refractivity (Wildman–Crippen MR) is 86.0 cm³/mol. The standard InChI is InChI=1S/C14H8Cl2N2O2S/c15-9-3-1-8(2-4-9)11-12(16)17-14(20)18(13(11)19)10-5-6-21-7-10/h1-7H,(H,17,20). The predicted octanol–water partition coefficient (Wildman–Crippen LogP) is 3.56. The molecule has 0 aliphatic rings. The molecule has 2 aromatic heterocycles. The van der Waals surface area contributed by atoms with Crippen molar-refractivity contribution in [3.05, 3.63) is 72.1 Å². The van der Waals surface area contributed by atoms with Crippen LogP contribution in [0.5, 0.6) is 0 Å². The molecule has 3 aromatic rings. The first-order chi connectivity index (χ1) is 10.1. The summed E-state index contributed by atoms with van der Waals surface area (Å²) < 4.78 is 1.06. The maximum absolute atomic E-state index is 12.6. The quantitative estimate of drug-likeness (QED) is 0.726. The number of hydrogen-bond acceptors (Lipinski definition) is 3. The van der Waals surface area contributed by atoms with Crippen molar-refractivity contribution in [2.75, 3.05) is 0 Å². The van der Waals surface area contributed by atoms with Crippen molar-refractivity contribution in [1.29, 1.82) is 0 Å². The fourth-order valence-electron chi connectivity index (χ4n) is 2.00. The van der Waals surface area contributed by atoms with Crippen LogP contribution in [0, 0.1) is 0 Å². The van der Waals surface area contributed by atoms with Crippen LogP contribution in [0.2, 0.25) is 10.2 Å². The van der Waals surface area contributed by atoms with Crippen LogP contribution >= 0.6 is 34.5 Å². The van der Waals surface area contributed by atoms with E-state index in [1.165, 1.54) is 11.3 Å². The molecule has 0 saturated heterocycles. The molecule has 21 heavy (non-hydrogen) atoms. The number of aromatic amines is 1. The number of hydrogen-bond donors (Lipinski definition) is 1. The highest BCUT2D eigenvalue weighted by molar-refractivity contribution is 7.08. The van der Waals surface area contributed by atoms with E-state index in [0.29, 0.717) is 16.3 Å². The van der Waals surface area contributed by atoms with Crippen molar-refractivity contribution in [1.82, 2.24) is 9.55 Å². The summed E-state index contributed by atoms with van der Waals surface area (Å²) >= 11 is 13.3. The Kier molecular flexibility index (Phi) is 3.71. The Morgan fingerprint density at radius 1 is 1.05 bits per heavy atom. The summed E-state index contributed by atoms with van der Waals surface area (Å²) in [4.78, 5) is 27.1. The van der Waals surface area contributed by atoms with Crippen LogP contribution in [-0.2, 0) is 0 Å². The minimum Gasteiger partial charge on any atom is -0.297 e. The van der Waals surface area contributed by atoms with Gasteiger partial charge in [-0.2, -0.15) is 11.3 Å². The number of aromatic nitrogens is 2. The number of H-pyrrole nitrogens is 1. The molecule has 0 aliphatic heterocycles. The lowest BCUT2D eigenvalue weighted by Gasteiger charge is -2.08. The fourth-order valence-corrected chi connectivity index (χ4v) is 3.01. The minimum atomic E-state index is -0.568. The molecule has 2 heterocycles. The van der Waals surface area contributed by atoms with Crippen molar-refractivity contribution in [2.24, 2.45) is 0 Å². The summed E-state index contributed by atoms with van der Waals surface area (Å²) in [5.41, 5.74) is 0.303. The van der Waals surface area contributed by atoms with Crippen molar-refractivity contribution in [2.45, 2.75) is 0 Å². The molecular formula is C14H8Cl2N2O2S. The van der Waals surface area contributed by atoms with Gasteiger partial charge in [0.2, 0.25) is 0 Å². The molecular weight excluding hydrogens is 331 g/mol. The Balaban J connectivity index is 2.32. The van der Waals surface area contributed by atoms with Gasteiger partial charge in [-0.3, -0.25) is 9.78 Å². The molecule has 0 amide bonds. The van der Waals surface area contributed by atoms with Crippen LogP contribution in [-0.4, -0.2) is 9.55 Å². The number of nitrogens with one attached hydrogen (secondary N) is 1. The molecule has 0 aliphatic carbocycles. The number of nitrogens with zero attached hydrogens (tertiary/aromatic N) is 1. The minimum absolute atomic E-state index is 0.0128. The van der Waals surface area contributed by atoms with E-state index in [1.807, 2.05) is 0 Å². The molecule has 106 valence electrons. The van der Waals surface area contributed by atoms with Crippen LogP contribution in [0.25, 0.3) is 16.8 Å².